The number of ether oxygens (including phenoxy) is 1. The highest BCUT2D eigenvalue weighted by molar-refractivity contribution is 6.36. The highest BCUT2D eigenvalue weighted by atomic mass is 35.5. The molecule has 1 spiro atoms. The number of imidazole rings is 1. The van der Waals surface area contributed by atoms with Gasteiger partial charge in [-0.15, -0.1) is 0 Å². The second-order valence-corrected chi connectivity index (χ2v) is 9.16. The van der Waals surface area contributed by atoms with Crippen LogP contribution in [0.15, 0.2) is 24.7 Å². The molecular weight excluding hydrogens is 444 g/mol. The van der Waals surface area contributed by atoms with Crippen LogP contribution in [-0.2, 0) is 4.74 Å². The van der Waals surface area contributed by atoms with Crippen LogP contribution in [0.4, 0.5) is 11.8 Å². The number of carbonyl (C=O) groups is 1. The smallest absolute Gasteiger partial charge is 0.268 e. The van der Waals surface area contributed by atoms with Crippen LogP contribution in [-0.4, -0.2) is 64.1 Å². The minimum Gasteiger partial charge on any atom is -0.376 e. The van der Waals surface area contributed by atoms with Crippen molar-refractivity contribution in [1.82, 2.24) is 19.4 Å². The fourth-order valence-corrected chi connectivity index (χ4v) is 5.35. The van der Waals surface area contributed by atoms with Crippen molar-refractivity contribution in [3.63, 3.8) is 0 Å². The molecule has 0 aromatic carbocycles. The molecule has 5 N–H and O–H groups in total. The lowest BCUT2D eigenvalue weighted by atomic mass is 9.73. The maximum Gasteiger partial charge on any atom is 0.268 e. The number of halogens is 1. The number of aromatic nitrogens is 4. The van der Waals surface area contributed by atoms with E-state index in [2.05, 4.69) is 20.2 Å². The Labute approximate surface area is 196 Å². The van der Waals surface area contributed by atoms with Crippen molar-refractivity contribution < 1.29 is 9.53 Å². The van der Waals surface area contributed by atoms with Gasteiger partial charge in [-0.1, -0.05) is 11.6 Å². The number of hydrogen-bond donors (Lipinski definition) is 3. The van der Waals surface area contributed by atoms with Gasteiger partial charge in [-0.2, -0.15) is 0 Å². The van der Waals surface area contributed by atoms with E-state index in [0.717, 1.165) is 25.9 Å². The average molecular weight is 471 g/mol. The summed E-state index contributed by atoms with van der Waals surface area (Å²) in [5, 5.41) is 3.32. The first kappa shape index (κ1) is 21.9. The Bertz CT molecular complexity index is 1220. The van der Waals surface area contributed by atoms with Gasteiger partial charge in [0.05, 0.1) is 23.3 Å². The molecular formula is C22H27ClN8O2. The molecule has 2 aliphatic heterocycles. The van der Waals surface area contributed by atoms with Crippen molar-refractivity contribution in [2.75, 3.05) is 37.0 Å². The molecule has 1 unspecified atom stereocenters. The van der Waals surface area contributed by atoms with E-state index in [1.54, 1.807) is 25.5 Å². The molecule has 0 aliphatic carbocycles. The van der Waals surface area contributed by atoms with Crippen molar-refractivity contribution in [3.8, 4) is 11.1 Å². The van der Waals surface area contributed by atoms with Crippen molar-refractivity contribution in [1.29, 1.82) is 0 Å². The van der Waals surface area contributed by atoms with Crippen LogP contribution in [0.25, 0.3) is 16.8 Å². The fraction of sp³-hybridized carbons (Fsp3) is 0.455. The number of piperidine rings is 1. The molecule has 0 saturated carbocycles. The summed E-state index contributed by atoms with van der Waals surface area (Å²) in [7, 11) is 1.73. The van der Waals surface area contributed by atoms with Crippen LogP contribution >= 0.6 is 11.6 Å². The maximum absolute atomic E-state index is 12.5. The first-order chi connectivity index (χ1) is 15.9. The normalized spacial score (nSPS) is 22.2. The number of nitrogens with one attached hydrogen (secondary N) is 1. The second kappa shape index (κ2) is 8.12. The number of amides is 1. The molecule has 1 amide bonds. The Morgan fingerprint density at radius 1 is 1.30 bits per heavy atom. The Kier molecular flexibility index (Phi) is 5.38. The van der Waals surface area contributed by atoms with Crippen LogP contribution in [0.1, 0.15) is 30.3 Å². The lowest BCUT2D eigenvalue weighted by Crippen LogP contribution is -2.51. The third-order valence-corrected chi connectivity index (χ3v) is 7.43. The Morgan fingerprint density at radius 3 is 2.70 bits per heavy atom. The van der Waals surface area contributed by atoms with Gasteiger partial charge in [-0.3, -0.25) is 9.20 Å². The molecule has 2 saturated heterocycles. The van der Waals surface area contributed by atoms with E-state index < -0.39 is 5.91 Å². The Hall–Kier alpha value is -2.95. The summed E-state index contributed by atoms with van der Waals surface area (Å²) in [5.74, 6) is 0.461. The molecule has 0 bridgehead atoms. The SMILES string of the molecule is CNc1nccc(-c2c(C(N)=O)nc(N3CCC4(CC3)COC(C)[C@H]4N)n3ccnc23)c1Cl. The predicted molar refractivity (Wildman–Crippen MR) is 127 cm³/mol. The zero-order valence-electron chi connectivity index (χ0n) is 18.6. The third-order valence-electron chi connectivity index (χ3n) is 7.05. The van der Waals surface area contributed by atoms with E-state index in [9.17, 15) is 4.79 Å². The van der Waals surface area contributed by atoms with Gasteiger partial charge in [0.25, 0.3) is 5.91 Å². The minimum absolute atomic E-state index is 0.0135. The number of nitrogens with zero attached hydrogens (tertiary/aromatic N) is 5. The number of anilines is 2. The average Bonchev–Trinajstić information content (AvgIpc) is 3.41. The zero-order chi connectivity index (χ0) is 23.3. The summed E-state index contributed by atoms with van der Waals surface area (Å²) in [6.45, 7) is 4.18. The number of pyridine rings is 1. The van der Waals surface area contributed by atoms with Gasteiger partial charge in [0.1, 0.15) is 17.2 Å². The van der Waals surface area contributed by atoms with Crippen LogP contribution in [0, 0.1) is 5.41 Å². The number of rotatable bonds is 4. The van der Waals surface area contributed by atoms with Gasteiger partial charge in [0.15, 0.2) is 0 Å². The quantitative estimate of drug-likeness (QED) is 0.526. The predicted octanol–water partition coefficient (Wildman–Crippen LogP) is 1.92. The highest BCUT2D eigenvalue weighted by Crippen LogP contribution is 2.42. The van der Waals surface area contributed by atoms with Crippen LogP contribution in [0.3, 0.4) is 0 Å². The summed E-state index contributed by atoms with van der Waals surface area (Å²) >= 11 is 6.59. The molecule has 2 aliphatic rings. The van der Waals surface area contributed by atoms with Gasteiger partial charge in [-0.25, -0.2) is 15.0 Å². The van der Waals surface area contributed by atoms with Crippen LogP contribution in [0.5, 0.6) is 0 Å². The summed E-state index contributed by atoms with van der Waals surface area (Å²) in [6, 6.07) is 1.74. The minimum atomic E-state index is -0.649. The van der Waals surface area contributed by atoms with Crippen LogP contribution in [0.2, 0.25) is 5.02 Å². The first-order valence-electron chi connectivity index (χ1n) is 11.0. The third kappa shape index (κ3) is 3.40. The first-order valence-corrected chi connectivity index (χ1v) is 11.4. The second-order valence-electron chi connectivity index (χ2n) is 8.78. The topological polar surface area (TPSA) is 137 Å². The molecule has 10 nitrogen and oxygen atoms in total. The number of hydrogen-bond acceptors (Lipinski definition) is 8. The summed E-state index contributed by atoms with van der Waals surface area (Å²) in [5.41, 5.74) is 14.0. The van der Waals surface area contributed by atoms with E-state index in [1.165, 1.54) is 0 Å². The molecule has 3 aromatic heterocycles. The zero-order valence-corrected chi connectivity index (χ0v) is 19.3. The highest BCUT2D eigenvalue weighted by Gasteiger charge is 2.48. The van der Waals surface area contributed by atoms with Crippen molar-refractivity contribution in [2.45, 2.75) is 31.9 Å². The number of fused-ring (bicyclic) bond motifs is 1. The molecule has 2 atom stereocenters. The van der Waals surface area contributed by atoms with E-state index in [1.807, 2.05) is 17.5 Å². The van der Waals surface area contributed by atoms with Gasteiger partial charge < -0.3 is 26.4 Å². The van der Waals surface area contributed by atoms with Gasteiger partial charge in [0, 0.05) is 55.7 Å². The lowest BCUT2D eigenvalue weighted by Gasteiger charge is -2.41. The number of carbonyl (C=O) groups excluding carboxylic acids is 1. The largest absolute Gasteiger partial charge is 0.376 e. The molecule has 33 heavy (non-hydrogen) atoms. The van der Waals surface area contributed by atoms with Gasteiger partial charge >= 0.3 is 0 Å². The molecule has 3 aromatic rings. The number of primary amides is 1. The van der Waals surface area contributed by atoms with E-state index in [-0.39, 0.29) is 23.3 Å². The van der Waals surface area contributed by atoms with Crippen molar-refractivity contribution in [3.05, 3.63) is 35.4 Å². The molecule has 0 radical (unpaired) electrons. The summed E-state index contributed by atoms with van der Waals surface area (Å²) < 4.78 is 7.72. The Morgan fingerprint density at radius 2 is 2.06 bits per heavy atom. The number of nitrogens with two attached hydrogens (primary N) is 2. The van der Waals surface area contributed by atoms with Crippen molar-refractivity contribution in [2.24, 2.45) is 16.9 Å². The summed E-state index contributed by atoms with van der Waals surface area (Å²) in [6.07, 6.45) is 6.94. The monoisotopic (exact) mass is 470 g/mol. The fourth-order valence-electron chi connectivity index (χ4n) is 5.05. The maximum atomic E-state index is 12.5. The molecule has 2 fully saturated rings. The van der Waals surface area contributed by atoms with E-state index in [0.29, 0.717) is 40.2 Å². The Balaban J connectivity index is 1.59. The molecule has 5 rings (SSSR count). The van der Waals surface area contributed by atoms with Gasteiger partial charge in [0.2, 0.25) is 5.95 Å². The van der Waals surface area contributed by atoms with Crippen molar-refractivity contribution >= 4 is 34.9 Å². The van der Waals surface area contributed by atoms with Crippen LogP contribution < -0.4 is 21.7 Å². The summed E-state index contributed by atoms with van der Waals surface area (Å²) in [4.78, 5) is 28.2. The lowest BCUT2D eigenvalue weighted by molar-refractivity contribution is 0.0973. The van der Waals surface area contributed by atoms with E-state index in [4.69, 9.17) is 32.8 Å². The molecule has 174 valence electrons. The molecule has 11 heteroatoms. The van der Waals surface area contributed by atoms with Gasteiger partial charge in [-0.05, 0) is 25.8 Å². The van der Waals surface area contributed by atoms with E-state index >= 15 is 0 Å². The standard InChI is InChI=1S/C22H27ClN8O2/c1-12-17(24)22(11-33-12)4-8-30(9-5-22)21-29-16(18(25)32)14(20-28-7-10-31(20)21)13-3-6-27-19(26-2)15(13)23/h3,6-7,10,12,17H,4-5,8-9,11,24H2,1-2H3,(H2,25,32)(H,26,27)/t12?,17-/m1/s1. The molecule has 5 heterocycles.